The van der Waals surface area contributed by atoms with E-state index in [0.717, 1.165) is 5.75 Å². The summed E-state index contributed by atoms with van der Waals surface area (Å²) in [5, 5.41) is 17.2. The van der Waals surface area contributed by atoms with Crippen molar-refractivity contribution in [2.45, 2.75) is 0 Å². The van der Waals surface area contributed by atoms with Crippen LogP contribution in [-0.4, -0.2) is 18.3 Å². The molecule has 0 aromatic heterocycles. The lowest BCUT2D eigenvalue weighted by molar-refractivity contribution is 0.329. The Hall–Kier alpha value is -1.79. The highest BCUT2D eigenvalue weighted by molar-refractivity contribution is 5.23. The van der Waals surface area contributed by atoms with Gasteiger partial charge in [0.05, 0.1) is 18.2 Å². The molecule has 3 heteroatoms. The van der Waals surface area contributed by atoms with E-state index < -0.39 is 0 Å². The first-order chi connectivity index (χ1) is 6.86. The number of rotatable bonds is 4. The molecule has 0 amide bonds. The van der Waals surface area contributed by atoms with E-state index in [1.807, 2.05) is 36.4 Å². The van der Waals surface area contributed by atoms with Crippen molar-refractivity contribution in [1.29, 1.82) is 5.26 Å². The van der Waals surface area contributed by atoms with E-state index in [-0.39, 0.29) is 6.61 Å². The largest absolute Gasteiger partial charge is 0.489 e. The lowest BCUT2D eigenvalue weighted by Gasteiger charge is -2.01. The number of ether oxygens (including phenoxy) is 1. The fourth-order valence-electron chi connectivity index (χ4n) is 0.901. The summed E-state index contributed by atoms with van der Waals surface area (Å²) in [5.41, 5.74) is 0.320. The molecule has 0 heterocycles. The molecule has 0 aliphatic carbocycles. The molecular weight excluding hydrogens is 178 g/mol. The van der Waals surface area contributed by atoms with Crippen LogP contribution in [0.2, 0.25) is 0 Å². The zero-order chi connectivity index (χ0) is 10.2. The third-order valence-corrected chi connectivity index (χ3v) is 1.64. The maximum atomic E-state index is 8.68. The first-order valence-electron chi connectivity index (χ1n) is 4.24. The molecule has 1 rings (SSSR count). The SMILES string of the molecule is N#C/C(=C\COc1ccccc1)CO. The van der Waals surface area contributed by atoms with Gasteiger partial charge < -0.3 is 9.84 Å². The minimum atomic E-state index is -0.241. The van der Waals surface area contributed by atoms with Gasteiger partial charge in [0.1, 0.15) is 12.4 Å². The van der Waals surface area contributed by atoms with Gasteiger partial charge in [-0.1, -0.05) is 18.2 Å². The Labute approximate surface area is 82.9 Å². The number of nitriles is 1. The number of hydrogen-bond acceptors (Lipinski definition) is 3. The maximum absolute atomic E-state index is 8.68. The smallest absolute Gasteiger partial charge is 0.119 e. The predicted molar refractivity (Wildman–Crippen MR) is 52.7 cm³/mol. The molecule has 0 saturated carbocycles. The summed E-state index contributed by atoms with van der Waals surface area (Å²) in [7, 11) is 0. The van der Waals surface area contributed by atoms with Crippen LogP contribution < -0.4 is 4.74 Å². The van der Waals surface area contributed by atoms with Crippen LogP contribution in [0.1, 0.15) is 0 Å². The Morgan fingerprint density at radius 3 is 2.71 bits per heavy atom. The normalized spacial score (nSPS) is 10.7. The predicted octanol–water partition coefficient (Wildman–Crippen LogP) is 1.51. The molecule has 1 N–H and O–H groups in total. The summed E-state index contributed by atoms with van der Waals surface area (Å²) in [6, 6.07) is 11.2. The first kappa shape index (κ1) is 10.3. The number of para-hydroxylation sites is 1. The summed E-state index contributed by atoms with van der Waals surface area (Å²) in [6.45, 7) is 0.0577. The van der Waals surface area contributed by atoms with Gasteiger partial charge >= 0.3 is 0 Å². The Kier molecular flexibility index (Phi) is 4.25. The van der Waals surface area contributed by atoms with E-state index in [1.54, 1.807) is 6.08 Å². The summed E-state index contributed by atoms with van der Waals surface area (Å²) >= 11 is 0. The molecule has 0 unspecified atom stereocenters. The molecule has 3 nitrogen and oxygen atoms in total. The molecular formula is C11H11NO2. The highest BCUT2D eigenvalue weighted by Crippen LogP contribution is 2.08. The van der Waals surface area contributed by atoms with E-state index in [9.17, 15) is 0 Å². The van der Waals surface area contributed by atoms with E-state index in [2.05, 4.69) is 0 Å². The van der Waals surface area contributed by atoms with Crippen molar-refractivity contribution in [2.75, 3.05) is 13.2 Å². The van der Waals surface area contributed by atoms with Gasteiger partial charge in [-0.25, -0.2) is 0 Å². The molecule has 0 radical (unpaired) electrons. The van der Waals surface area contributed by atoms with Crippen molar-refractivity contribution in [3.63, 3.8) is 0 Å². The van der Waals surface area contributed by atoms with Crippen molar-refractivity contribution >= 4 is 0 Å². The second-order valence-corrected chi connectivity index (χ2v) is 2.62. The van der Waals surface area contributed by atoms with Crippen molar-refractivity contribution < 1.29 is 9.84 Å². The topological polar surface area (TPSA) is 53.2 Å². The first-order valence-corrected chi connectivity index (χ1v) is 4.24. The maximum Gasteiger partial charge on any atom is 0.119 e. The van der Waals surface area contributed by atoms with Crippen molar-refractivity contribution in [3.8, 4) is 11.8 Å². The van der Waals surface area contributed by atoms with Gasteiger partial charge in [-0.15, -0.1) is 0 Å². The van der Waals surface area contributed by atoms with Crippen molar-refractivity contribution in [3.05, 3.63) is 42.0 Å². The molecule has 1 aromatic rings. The third kappa shape index (κ3) is 3.30. The van der Waals surface area contributed by atoms with Gasteiger partial charge in [0, 0.05) is 0 Å². The van der Waals surface area contributed by atoms with Gasteiger partial charge in [0.2, 0.25) is 0 Å². The number of hydrogen-bond donors (Lipinski definition) is 1. The summed E-state index contributed by atoms with van der Waals surface area (Å²) in [6.07, 6.45) is 1.56. The van der Waals surface area contributed by atoms with Crippen LogP contribution in [0.15, 0.2) is 42.0 Å². The van der Waals surface area contributed by atoms with Crippen LogP contribution in [-0.2, 0) is 0 Å². The highest BCUT2D eigenvalue weighted by atomic mass is 16.5. The van der Waals surface area contributed by atoms with Crippen LogP contribution in [0.5, 0.6) is 5.75 Å². The lowest BCUT2D eigenvalue weighted by Crippen LogP contribution is -1.96. The Morgan fingerprint density at radius 2 is 2.14 bits per heavy atom. The zero-order valence-electron chi connectivity index (χ0n) is 7.68. The molecule has 0 spiro atoms. The van der Waals surface area contributed by atoms with E-state index in [0.29, 0.717) is 12.2 Å². The molecule has 1 aromatic carbocycles. The number of aliphatic hydroxyl groups excluding tert-OH is 1. The fraction of sp³-hybridized carbons (Fsp3) is 0.182. The van der Waals surface area contributed by atoms with Crippen LogP contribution >= 0.6 is 0 Å². The fourth-order valence-corrected chi connectivity index (χ4v) is 0.901. The standard InChI is InChI=1S/C11H11NO2/c12-8-10(9-13)6-7-14-11-4-2-1-3-5-11/h1-6,13H,7,9H2/b10-6+. The van der Waals surface area contributed by atoms with E-state index in [4.69, 9.17) is 15.1 Å². The average molecular weight is 189 g/mol. The molecule has 0 saturated heterocycles. The Balaban J connectivity index is 2.43. The van der Waals surface area contributed by atoms with Crippen LogP contribution in [0.4, 0.5) is 0 Å². The number of nitrogens with zero attached hydrogens (tertiary/aromatic N) is 1. The molecule has 0 aliphatic heterocycles. The molecule has 0 aliphatic rings. The van der Waals surface area contributed by atoms with Crippen molar-refractivity contribution in [2.24, 2.45) is 0 Å². The summed E-state index contributed by atoms with van der Waals surface area (Å²) < 4.78 is 5.30. The highest BCUT2D eigenvalue weighted by Gasteiger charge is 1.92. The molecule has 0 fully saturated rings. The molecule has 0 atom stereocenters. The molecule has 0 bridgehead atoms. The second kappa shape index (κ2) is 5.79. The van der Waals surface area contributed by atoms with Crippen LogP contribution in [0.3, 0.4) is 0 Å². The van der Waals surface area contributed by atoms with Crippen LogP contribution in [0.25, 0.3) is 0 Å². The van der Waals surface area contributed by atoms with Gasteiger partial charge in [-0.05, 0) is 18.2 Å². The number of benzene rings is 1. The van der Waals surface area contributed by atoms with Gasteiger partial charge in [-0.2, -0.15) is 5.26 Å². The quantitative estimate of drug-likeness (QED) is 0.730. The zero-order valence-corrected chi connectivity index (χ0v) is 7.68. The van der Waals surface area contributed by atoms with Crippen LogP contribution in [0, 0.1) is 11.3 Å². The van der Waals surface area contributed by atoms with E-state index in [1.165, 1.54) is 0 Å². The minimum Gasteiger partial charge on any atom is -0.489 e. The lowest BCUT2D eigenvalue weighted by atomic mass is 10.3. The average Bonchev–Trinajstić information content (AvgIpc) is 2.26. The Morgan fingerprint density at radius 1 is 1.43 bits per heavy atom. The molecule has 14 heavy (non-hydrogen) atoms. The second-order valence-electron chi connectivity index (χ2n) is 2.62. The summed E-state index contributed by atoms with van der Waals surface area (Å²) in [5.74, 6) is 0.749. The number of aliphatic hydroxyl groups is 1. The third-order valence-electron chi connectivity index (χ3n) is 1.64. The van der Waals surface area contributed by atoms with Crippen molar-refractivity contribution in [1.82, 2.24) is 0 Å². The van der Waals surface area contributed by atoms with E-state index >= 15 is 0 Å². The Bertz CT molecular complexity index is 338. The monoisotopic (exact) mass is 189 g/mol. The summed E-state index contributed by atoms with van der Waals surface area (Å²) in [4.78, 5) is 0. The minimum absolute atomic E-state index is 0.241. The van der Waals surface area contributed by atoms with Gasteiger partial charge in [-0.3, -0.25) is 0 Å². The van der Waals surface area contributed by atoms with Gasteiger partial charge in [0.15, 0.2) is 0 Å². The van der Waals surface area contributed by atoms with Gasteiger partial charge in [0.25, 0.3) is 0 Å². The molecule has 72 valence electrons.